The molecule has 2 aromatic rings. The third kappa shape index (κ3) is 8.73. The summed E-state index contributed by atoms with van der Waals surface area (Å²) in [7, 11) is 0. The minimum atomic E-state index is -0.727. The van der Waals surface area contributed by atoms with E-state index in [0.29, 0.717) is 12.8 Å². The Morgan fingerprint density at radius 2 is 1.86 bits per heavy atom. The molecule has 37 heavy (non-hydrogen) atoms. The van der Waals surface area contributed by atoms with Gasteiger partial charge in [0.2, 0.25) is 0 Å². The van der Waals surface area contributed by atoms with Crippen LogP contribution >= 0.6 is 11.8 Å². The summed E-state index contributed by atoms with van der Waals surface area (Å²) in [5, 5.41) is -0.250. The number of nitrogens with zero attached hydrogens (tertiary/aromatic N) is 2. The van der Waals surface area contributed by atoms with Gasteiger partial charge in [0, 0.05) is 30.8 Å². The fourth-order valence-corrected chi connectivity index (χ4v) is 5.14. The fourth-order valence-electron chi connectivity index (χ4n) is 4.12. The predicted molar refractivity (Wildman–Crippen MR) is 137 cm³/mol. The molecule has 1 heterocycles. The van der Waals surface area contributed by atoms with E-state index < -0.39 is 29.9 Å². The Labute approximate surface area is 220 Å². The first-order valence-electron chi connectivity index (χ1n) is 12.3. The Balaban J connectivity index is 1.80. The van der Waals surface area contributed by atoms with Crippen LogP contribution in [0.3, 0.4) is 0 Å². The maximum Gasteiger partial charge on any atom is 0.410 e. The summed E-state index contributed by atoms with van der Waals surface area (Å²) in [4.78, 5) is 40.5. The molecule has 1 aliphatic rings. The van der Waals surface area contributed by atoms with Gasteiger partial charge in [-0.3, -0.25) is 4.79 Å². The van der Waals surface area contributed by atoms with Gasteiger partial charge in [-0.15, -0.1) is 0 Å². The van der Waals surface area contributed by atoms with Crippen molar-refractivity contribution in [3.8, 4) is 0 Å². The molecule has 1 saturated heterocycles. The summed E-state index contributed by atoms with van der Waals surface area (Å²) in [6.07, 6.45) is 0.752. The van der Waals surface area contributed by atoms with Gasteiger partial charge < -0.3 is 19.3 Å². The van der Waals surface area contributed by atoms with E-state index >= 15 is 0 Å². The van der Waals surface area contributed by atoms with E-state index in [2.05, 4.69) is 0 Å². The quantitative estimate of drug-likeness (QED) is 0.361. The number of halogens is 2. The molecule has 0 aromatic heterocycles. The molecule has 0 aliphatic carbocycles. The number of benzene rings is 2. The molecule has 1 fully saturated rings. The van der Waals surface area contributed by atoms with Gasteiger partial charge in [-0.25, -0.2) is 18.4 Å². The minimum absolute atomic E-state index is 0.00141. The molecule has 7 nitrogen and oxygen atoms in total. The molecule has 2 atom stereocenters. The van der Waals surface area contributed by atoms with Gasteiger partial charge in [0.1, 0.15) is 18.2 Å². The Kier molecular flexibility index (Phi) is 10.7. The molecule has 0 saturated carbocycles. The van der Waals surface area contributed by atoms with Crippen LogP contribution in [-0.2, 0) is 27.4 Å². The van der Waals surface area contributed by atoms with Gasteiger partial charge in [-0.05, 0) is 36.6 Å². The molecule has 0 unspecified atom stereocenters. The smallest absolute Gasteiger partial charge is 0.410 e. The Morgan fingerprint density at radius 3 is 2.57 bits per heavy atom. The van der Waals surface area contributed by atoms with Crippen LogP contribution in [-0.4, -0.2) is 58.1 Å². The molecule has 0 spiro atoms. The van der Waals surface area contributed by atoms with Crippen LogP contribution in [0.25, 0.3) is 0 Å². The molecular formula is C27H32F2N2O5S. The lowest BCUT2D eigenvalue weighted by Crippen LogP contribution is -2.45. The summed E-state index contributed by atoms with van der Waals surface area (Å²) in [6.45, 7) is 3.73. The maximum absolute atomic E-state index is 14.5. The first kappa shape index (κ1) is 28.4. The number of rotatable bonds is 10. The Morgan fingerprint density at radius 1 is 1.11 bits per heavy atom. The van der Waals surface area contributed by atoms with Crippen LogP contribution in [0.2, 0.25) is 0 Å². The number of hydrogen-bond donors (Lipinski definition) is 0. The zero-order valence-corrected chi connectivity index (χ0v) is 21.8. The molecule has 200 valence electrons. The Hall–Kier alpha value is -3.14. The second-order valence-electron chi connectivity index (χ2n) is 8.90. The molecular weight excluding hydrogens is 502 g/mol. The highest BCUT2D eigenvalue weighted by Gasteiger charge is 2.39. The lowest BCUT2D eigenvalue weighted by molar-refractivity contribution is -0.109. The number of ether oxygens (including phenoxy) is 2. The van der Waals surface area contributed by atoms with E-state index in [9.17, 15) is 23.2 Å². The number of hydrogen-bond acceptors (Lipinski definition) is 6. The molecule has 2 aromatic carbocycles. The lowest BCUT2D eigenvalue weighted by atomic mass is 10.1. The zero-order valence-electron chi connectivity index (χ0n) is 21.0. The first-order valence-corrected chi connectivity index (χ1v) is 13.1. The summed E-state index contributed by atoms with van der Waals surface area (Å²) >= 11 is 1.13. The second-order valence-corrected chi connectivity index (χ2v) is 10.4. The first-order chi connectivity index (χ1) is 17.8. The highest BCUT2D eigenvalue weighted by atomic mass is 32.2. The van der Waals surface area contributed by atoms with Gasteiger partial charge in [0.05, 0.1) is 19.2 Å². The second kappa shape index (κ2) is 14.0. The number of thioether (sulfide) groups is 1. The van der Waals surface area contributed by atoms with E-state index in [1.165, 1.54) is 16.7 Å². The SMILES string of the molecule is CCCCOC(=O)N1C[C@H](SC(C)=O)C[C@H]1CN(Cc1cc(F)ccc1F)C(=O)OCc1ccccc1. The number of likely N-dealkylation sites (tertiary alicyclic amines) is 1. The van der Waals surface area contributed by atoms with Crippen molar-refractivity contribution in [3.63, 3.8) is 0 Å². The third-order valence-electron chi connectivity index (χ3n) is 5.93. The standard InChI is InChI=1S/C27H32F2N2O5S/c1-3-4-12-35-27(34)31-17-24(37-19(2)32)14-23(31)16-30(15-21-13-22(28)10-11-25(21)29)26(33)36-18-20-8-6-5-7-9-20/h5-11,13,23-24H,3-4,12,14-18H2,1-2H3/t23-,24+/m0/s1. The van der Waals surface area contributed by atoms with Gasteiger partial charge in [0.15, 0.2) is 5.12 Å². The normalized spacial score (nSPS) is 16.9. The molecule has 1 aliphatic heterocycles. The summed E-state index contributed by atoms with van der Waals surface area (Å²) in [5.74, 6) is -1.29. The summed E-state index contributed by atoms with van der Waals surface area (Å²) in [6, 6.07) is 11.6. The number of carbonyl (C=O) groups is 3. The van der Waals surface area contributed by atoms with Crippen LogP contribution in [0.5, 0.6) is 0 Å². The van der Waals surface area contributed by atoms with E-state index in [1.807, 2.05) is 25.1 Å². The largest absolute Gasteiger partial charge is 0.449 e. The van der Waals surface area contributed by atoms with Crippen molar-refractivity contribution < 1.29 is 32.6 Å². The molecule has 3 rings (SSSR count). The monoisotopic (exact) mass is 534 g/mol. The van der Waals surface area contributed by atoms with Crippen molar-refractivity contribution in [1.82, 2.24) is 9.80 Å². The average Bonchev–Trinajstić information content (AvgIpc) is 3.26. The fraction of sp³-hybridized carbons (Fsp3) is 0.444. The third-order valence-corrected chi connectivity index (χ3v) is 6.94. The maximum atomic E-state index is 14.5. The van der Waals surface area contributed by atoms with Gasteiger partial charge in [0.25, 0.3) is 0 Å². The van der Waals surface area contributed by atoms with Crippen molar-refractivity contribution >= 4 is 29.1 Å². The molecule has 0 N–H and O–H groups in total. The Bertz CT molecular complexity index is 1070. The molecule has 0 bridgehead atoms. The predicted octanol–water partition coefficient (Wildman–Crippen LogP) is 5.76. The van der Waals surface area contributed by atoms with Crippen LogP contribution in [0, 0.1) is 11.6 Å². The summed E-state index contributed by atoms with van der Waals surface area (Å²) in [5.41, 5.74) is 0.758. The molecule has 2 amide bonds. The highest BCUT2D eigenvalue weighted by Crippen LogP contribution is 2.30. The van der Waals surface area contributed by atoms with E-state index in [4.69, 9.17) is 9.47 Å². The minimum Gasteiger partial charge on any atom is -0.449 e. The number of unbranched alkanes of at least 4 members (excludes halogenated alkanes) is 1. The van der Waals surface area contributed by atoms with Crippen molar-refractivity contribution in [2.24, 2.45) is 0 Å². The van der Waals surface area contributed by atoms with Crippen LogP contribution in [0.1, 0.15) is 44.2 Å². The highest BCUT2D eigenvalue weighted by molar-refractivity contribution is 8.14. The van der Waals surface area contributed by atoms with Crippen molar-refractivity contribution in [2.75, 3.05) is 19.7 Å². The van der Waals surface area contributed by atoms with Crippen LogP contribution in [0.4, 0.5) is 18.4 Å². The van der Waals surface area contributed by atoms with E-state index in [-0.39, 0.29) is 48.8 Å². The average molecular weight is 535 g/mol. The van der Waals surface area contributed by atoms with Crippen LogP contribution < -0.4 is 0 Å². The topological polar surface area (TPSA) is 76.2 Å². The lowest BCUT2D eigenvalue weighted by Gasteiger charge is -2.30. The van der Waals surface area contributed by atoms with Crippen molar-refractivity contribution in [3.05, 3.63) is 71.3 Å². The van der Waals surface area contributed by atoms with Gasteiger partial charge >= 0.3 is 12.2 Å². The number of amides is 2. The van der Waals surface area contributed by atoms with Gasteiger partial charge in [-0.2, -0.15) is 0 Å². The van der Waals surface area contributed by atoms with Crippen LogP contribution in [0.15, 0.2) is 48.5 Å². The van der Waals surface area contributed by atoms with Gasteiger partial charge in [-0.1, -0.05) is 55.4 Å². The number of carbonyl (C=O) groups excluding carboxylic acids is 3. The summed E-state index contributed by atoms with van der Waals surface area (Å²) < 4.78 is 39.2. The van der Waals surface area contributed by atoms with E-state index in [1.54, 1.807) is 12.1 Å². The molecule has 10 heteroatoms. The van der Waals surface area contributed by atoms with Crippen molar-refractivity contribution in [1.29, 1.82) is 0 Å². The zero-order chi connectivity index (χ0) is 26.8. The van der Waals surface area contributed by atoms with Crippen molar-refractivity contribution in [2.45, 2.75) is 57.6 Å². The van der Waals surface area contributed by atoms with E-state index in [0.717, 1.165) is 41.9 Å². The molecule has 0 radical (unpaired) electrons.